The average molecular weight is 225 g/mol. The van der Waals surface area contributed by atoms with Gasteiger partial charge in [0.05, 0.1) is 6.04 Å². The van der Waals surface area contributed by atoms with Crippen molar-refractivity contribution in [3.05, 3.63) is 0 Å². The van der Waals surface area contributed by atoms with E-state index in [4.69, 9.17) is 0 Å². The molecule has 0 radical (unpaired) electrons. The molecule has 0 bridgehead atoms. The molecule has 3 heteroatoms. The highest BCUT2D eigenvalue weighted by atomic mass is 127. The van der Waals surface area contributed by atoms with Gasteiger partial charge in [0.15, 0.2) is 0 Å². The molecule has 1 heterocycles. The molecule has 0 spiro atoms. The normalized spacial score (nSPS) is 30.9. The second-order valence-electron chi connectivity index (χ2n) is 1.97. The van der Waals surface area contributed by atoms with Crippen LogP contribution in [0.1, 0.15) is 12.8 Å². The SMILES string of the molecule is O=C[C@H]1CCCN1I. The van der Waals surface area contributed by atoms with E-state index in [2.05, 4.69) is 26.0 Å². The van der Waals surface area contributed by atoms with Gasteiger partial charge in [0.1, 0.15) is 6.29 Å². The van der Waals surface area contributed by atoms with E-state index in [0.29, 0.717) is 0 Å². The fraction of sp³-hybridized carbons (Fsp3) is 0.800. The molecule has 1 atom stereocenters. The lowest BCUT2D eigenvalue weighted by Crippen LogP contribution is -2.19. The molecule has 1 fully saturated rings. The third kappa shape index (κ3) is 1.20. The molecule has 0 amide bonds. The van der Waals surface area contributed by atoms with E-state index < -0.39 is 0 Å². The molecule has 1 saturated heterocycles. The molecule has 1 rings (SSSR count). The largest absolute Gasteiger partial charge is 0.302 e. The van der Waals surface area contributed by atoms with Gasteiger partial charge in [0.25, 0.3) is 0 Å². The molecule has 46 valence electrons. The summed E-state index contributed by atoms with van der Waals surface area (Å²) in [4.78, 5) is 10.2. The Hall–Kier alpha value is 0.360. The molecule has 0 aromatic rings. The number of rotatable bonds is 1. The zero-order chi connectivity index (χ0) is 5.98. The maximum Gasteiger partial charge on any atom is 0.137 e. The van der Waals surface area contributed by atoms with Crippen LogP contribution >= 0.6 is 22.9 Å². The Bertz CT molecular complexity index is 96.4. The summed E-state index contributed by atoms with van der Waals surface area (Å²) in [5.74, 6) is 0. The monoisotopic (exact) mass is 225 g/mol. The second-order valence-corrected chi connectivity index (χ2v) is 3.21. The molecule has 0 saturated carbocycles. The van der Waals surface area contributed by atoms with Crippen LogP contribution < -0.4 is 0 Å². The van der Waals surface area contributed by atoms with Crippen LogP contribution in [-0.4, -0.2) is 22.0 Å². The summed E-state index contributed by atoms with van der Waals surface area (Å²) in [7, 11) is 0. The van der Waals surface area contributed by atoms with E-state index in [1.54, 1.807) is 0 Å². The van der Waals surface area contributed by atoms with Crippen LogP contribution in [0.15, 0.2) is 0 Å². The van der Waals surface area contributed by atoms with Crippen molar-refractivity contribution in [3.63, 3.8) is 0 Å². The van der Waals surface area contributed by atoms with Crippen molar-refractivity contribution >= 4 is 29.2 Å². The van der Waals surface area contributed by atoms with Crippen LogP contribution in [0, 0.1) is 0 Å². The van der Waals surface area contributed by atoms with Crippen molar-refractivity contribution < 1.29 is 4.79 Å². The van der Waals surface area contributed by atoms with Crippen molar-refractivity contribution in [2.75, 3.05) is 6.54 Å². The summed E-state index contributed by atoms with van der Waals surface area (Å²) in [5.41, 5.74) is 0. The van der Waals surface area contributed by atoms with Crippen molar-refractivity contribution in [2.24, 2.45) is 0 Å². The van der Waals surface area contributed by atoms with Gasteiger partial charge in [0.2, 0.25) is 0 Å². The van der Waals surface area contributed by atoms with E-state index >= 15 is 0 Å². The standard InChI is InChI=1S/C5H8INO/c6-7-3-1-2-5(7)4-8/h4-5H,1-3H2/t5-/m1/s1. The number of hydrogen-bond acceptors (Lipinski definition) is 2. The molecular weight excluding hydrogens is 217 g/mol. The number of aldehydes is 1. The minimum Gasteiger partial charge on any atom is -0.302 e. The Morgan fingerprint density at radius 2 is 2.50 bits per heavy atom. The third-order valence-corrected chi connectivity index (χ3v) is 2.59. The van der Waals surface area contributed by atoms with Crippen molar-refractivity contribution in [3.8, 4) is 0 Å². The first kappa shape index (κ1) is 6.48. The van der Waals surface area contributed by atoms with Gasteiger partial charge in [-0.05, 0) is 12.8 Å². The summed E-state index contributed by atoms with van der Waals surface area (Å²) in [5, 5.41) is 0. The predicted octanol–water partition coefficient (Wildman–Crippen LogP) is 1.000. The molecule has 8 heavy (non-hydrogen) atoms. The van der Waals surface area contributed by atoms with E-state index in [0.717, 1.165) is 19.3 Å². The summed E-state index contributed by atoms with van der Waals surface area (Å²) in [6.45, 7) is 1.07. The van der Waals surface area contributed by atoms with E-state index in [1.165, 1.54) is 6.42 Å². The molecule has 0 aromatic heterocycles. The van der Waals surface area contributed by atoms with Gasteiger partial charge in [0, 0.05) is 29.4 Å². The lowest BCUT2D eigenvalue weighted by atomic mass is 10.2. The minimum atomic E-state index is 0.204. The van der Waals surface area contributed by atoms with Crippen LogP contribution in [0.25, 0.3) is 0 Å². The lowest BCUT2D eigenvalue weighted by molar-refractivity contribution is -0.110. The third-order valence-electron chi connectivity index (χ3n) is 1.39. The van der Waals surface area contributed by atoms with Crippen LogP contribution in [0.5, 0.6) is 0 Å². The van der Waals surface area contributed by atoms with Gasteiger partial charge in [-0.25, -0.2) is 3.11 Å². The van der Waals surface area contributed by atoms with Crippen LogP contribution in [0.2, 0.25) is 0 Å². The molecule has 1 aliphatic heterocycles. The second kappa shape index (κ2) is 2.77. The first-order chi connectivity index (χ1) is 3.84. The van der Waals surface area contributed by atoms with E-state index in [9.17, 15) is 4.79 Å². The average Bonchev–Trinajstić information content (AvgIpc) is 2.14. The summed E-state index contributed by atoms with van der Waals surface area (Å²) < 4.78 is 2.06. The molecule has 0 unspecified atom stereocenters. The Kier molecular flexibility index (Phi) is 2.25. The zero-order valence-corrected chi connectivity index (χ0v) is 6.67. The molecule has 2 nitrogen and oxygen atoms in total. The highest BCUT2D eigenvalue weighted by Gasteiger charge is 2.20. The Morgan fingerprint density at radius 1 is 1.75 bits per heavy atom. The zero-order valence-electron chi connectivity index (χ0n) is 4.51. The Balaban J connectivity index is 2.41. The Labute approximate surface area is 62.7 Å². The van der Waals surface area contributed by atoms with Gasteiger partial charge in [-0.3, -0.25) is 0 Å². The predicted molar refractivity (Wildman–Crippen MR) is 39.8 cm³/mol. The van der Waals surface area contributed by atoms with E-state index in [-0.39, 0.29) is 6.04 Å². The Morgan fingerprint density at radius 3 is 2.75 bits per heavy atom. The van der Waals surface area contributed by atoms with Crippen LogP contribution in [0.3, 0.4) is 0 Å². The number of hydrogen-bond donors (Lipinski definition) is 0. The van der Waals surface area contributed by atoms with E-state index in [1.807, 2.05) is 0 Å². The number of carbonyl (C=O) groups is 1. The summed E-state index contributed by atoms with van der Waals surface area (Å²) >= 11 is 2.20. The summed E-state index contributed by atoms with van der Waals surface area (Å²) in [6, 6.07) is 0.204. The fourth-order valence-electron chi connectivity index (χ4n) is 0.891. The number of halogens is 1. The first-order valence-electron chi connectivity index (χ1n) is 2.72. The molecule has 0 N–H and O–H groups in total. The van der Waals surface area contributed by atoms with Crippen LogP contribution in [0.4, 0.5) is 0 Å². The molecule has 1 aliphatic rings. The lowest BCUT2D eigenvalue weighted by Gasteiger charge is -2.07. The van der Waals surface area contributed by atoms with Gasteiger partial charge < -0.3 is 4.79 Å². The van der Waals surface area contributed by atoms with Gasteiger partial charge >= 0.3 is 0 Å². The highest BCUT2D eigenvalue weighted by Crippen LogP contribution is 2.18. The van der Waals surface area contributed by atoms with Crippen LogP contribution in [-0.2, 0) is 4.79 Å². The topological polar surface area (TPSA) is 20.3 Å². The minimum absolute atomic E-state index is 0.204. The quantitative estimate of drug-likeness (QED) is 0.377. The summed E-state index contributed by atoms with van der Waals surface area (Å²) in [6.07, 6.45) is 3.25. The maximum absolute atomic E-state index is 10.2. The van der Waals surface area contributed by atoms with Gasteiger partial charge in [-0.2, -0.15) is 0 Å². The van der Waals surface area contributed by atoms with Gasteiger partial charge in [-0.1, -0.05) is 0 Å². The smallest absolute Gasteiger partial charge is 0.137 e. The molecule has 0 aliphatic carbocycles. The number of carbonyl (C=O) groups excluding carboxylic acids is 1. The van der Waals surface area contributed by atoms with Crippen molar-refractivity contribution in [1.82, 2.24) is 3.11 Å². The fourth-order valence-corrected chi connectivity index (χ4v) is 1.64. The number of nitrogens with zero attached hydrogens (tertiary/aromatic N) is 1. The highest BCUT2D eigenvalue weighted by molar-refractivity contribution is 14.1. The first-order valence-corrected chi connectivity index (χ1v) is 3.69. The van der Waals surface area contributed by atoms with Crippen molar-refractivity contribution in [2.45, 2.75) is 18.9 Å². The van der Waals surface area contributed by atoms with Gasteiger partial charge in [-0.15, -0.1) is 0 Å². The maximum atomic E-state index is 10.2. The van der Waals surface area contributed by atoms with Crippen molar-refractivity contribution in [1.29, 1.82) is 0 Å². The molecular formula is C5H8INO. The molecule has 0 aromatic carbocycles.